The van der Waals surface area contributed by atoms with Crippen LogP contribution in [0.1, 0.15) is 5.69 Å². The van der Waals surface area contributed by atoms with Gasteiger partial charge in [-0.1, -0.05) is 12.1 Å². The molecule has 0 aliphatic heterocycles. The number of aliphatic hydroxyl groups is 1. The molecule has 0 saturated carbocycles. The number of pyridine rings is 1. The molecule has 3 aromatic rings. The van der Waals surface area contributed by atoms with Gasteiger partial charge in [0.05, 0.1) is 17.7 Å². The monoisotopic (exact) mass is 240 g/mol. The van der Waals surface area contributed by atoms with Crippen molar-refractivity contribution in [2.24, 2.45) is 0 Å². The number of nitrogen functional groups attached to an aromatic ring is 1. The number of hydrogen-bond donors (Lipinski definition) is 3. The standard InChI is InChI=1S/C13H12N4O/c14-9-3-1-8(2-4-9)10-5-6-15-13-12(10)11(7-18)16-17-13/h1-6,18H,7,14H2,(H,15,16,17). The van der Waals surface area contributed by atoms with Gasteiger partial charge in [-0.2, -0.15) is 5.10 Å². The second kappa shape index (κ2) is 4.12. The van der Waals surface area contributed by atoms with Crippen LogP contribution in [0.15, 0.2) is 36.5 Å². The van der Waals surface area contributed by atoms with E-state index in [0.29, 0.717) is 11.3 Å². The molecule has 0 atom stereocenters. The van der Waals surface area contributed by atoms with Gasteiger partial charge in [0.2, 0.25) is 0 Å². The molecule has 3 rings (SSSR count). The van der Waals surface area contributed by atoms with Gasteiger partial charge < -0.3 is 10.8 Å². The van der Waals surface area contributed by atoms with Crippen LogP contribution in [0.25, 0.3) is 22.2 Å². The first-order valence-electron chi connectivity index (χ1n) is 5.58. The fraction of sp³-hybridized carbons (Fsp3) is 0.0769. The third-order valence-corrected chi connectivity index (χ3v) is 2.91. The maximum atomic E-state index is 9.32. The smallest absolute Gasteiger partial charge is 0.181 e. The van der Waals surface area contributed by atoms with E-state index < -0.39 is 0 Å². The van der Waals surface area contributed by atoms with Crippen LogP contribution in [0.4, 0.5) is 5.69 Å². The van der Waals surface area contributed by atoms with Crippen molar-refractivity contribution in [3.05, 3.63) is 42.2 Å². The number of anilines is 1. The summed E-state index contributed by atoms with van der Waals surface area (Å²) in [6.07, 6.45) is 1.70. The molecule has 0 unspecified atom stereocenters. The largest absolute Gasteiger partial charge is 0.399 e. The minimum absolute atomic E-state index is 0.0931. The minimum atomic E-state index is -0.0931. The normalized spacial score (nSPS) is 10.9. The van der Waals surface area contributed by atoms with E-state index in [0.717, 1.165) is 22.2 Å². The van der Waals surface area contributed by atoms with E-state index in [9.17, 15) is 5.11 Å². The zero-order chi connectivity index (χ0) is 12.5. The molecule has 2 aromatic heterocycles. The Morgan fingerprint density at radius 3 is 2.67 bits per heavy atom. The number of nitrogens with one attached hydrogen (secondary N) is 1. The van der Waals surface area contributed by atoms with Gasteiger partial charge in [0.15, 0.2) is 5.65 Å². The summed E-state index contributed by atoms with van der Waals surface area (Å²) in [5.41, 5.74) is 9.68. The van der Waals surface area contributed by atoms with Gasteiger partial charge in [-0.05, 0) is 29.3 Å². The molecule has 5 heteroatoms. The summed E-state index contributed by atoms with van der Waals surface area (Å²) in [4.78, 5) is 4.18. The van der Waals surface area contributed by atoms with Crippen LogP contribution < -0.4 is 5.73 Å². The van der Waals surface area contributed by atoms with Gasteiger partial charge in [0.1, 0.15) is 0 Å². The lowest BCUT2D eigenvalue weighted by molar-refractivity contribution is 0.278. The number of fused-ring (bicyclic) bond motifs is 1. The SMILES string of the molecule is Nc1ccc(-c2ccnc3n[nH]c(CO)c23)cc1. The molecule has 2 heterocycles. The van der Waals surface area contributed by atoms with E-state index in [2.05, 4.69) is 15.2 Å². The molecule has 0 fully saturated rings. The van der Waals surface area contributed by atoms with E-state index in [-0.39, 0.29) is 6.61 Å². The average molecular weight is 240 g/mol. The van der Waals surface area contributed by atoms with Crippen LogP contribution in [0, 0.1) is 0 Å². The molecule has 0 aliphatic rings. The molecule has 0 amide bonds. The Bertz CT molecular complexity index is 688. The predicted octanol–water partition coefficient (Wildman–Crippen LogP) is 1.70. The van der Waals surface area contributed by atoms with E-state index in [1.807, 2.05) is 30.3 Å². The van der Waals surface area contributed by atoms with Gasteiger partial charge in [0.25, 0.3) is 0 Å². The van der Waals surface area contributed by atoms with Crippen LogP contribution >= 0.6 is 0 Å². The first kappa shape index (κ1) is 10.7. The highest BCUT2D eigenvalue weighted by Gasteiger charge is 2.11. The quantitative estimate of drug-likeness (QED) is 0.595. The van der Waals surface area contributed by atoms with Crippen molar-refractivity contribution in [2.45, 2.75) is 6.61 Å². The molecular formula is C13H12N4O. The molecule has 18 heavy (non-hydrogen) atoms. The van der Waals surface area contributed by atoms with Crippen molar-refractivity contribution in [3.8, 4) is 11.1 Å². The fourth-order valence-corrected chi connectivity index (χ4v) is 2.03. The molecule has 0 bridgehead atoms. The summed E-state index contributed by atoms with van der Waals surface area (Å²) in [6, 6.07) is 9.49. The maximum absolute atomic E-state index is 9.32. The number of aliphatic hydroxyl groups excluding tert-OH is 1. The van der Waals surface area contributed by atoms with Crippen molar-refractivity contribution in [3.63, 3.8) is 0 Å². The Morgan fingerprint density at radius 2 is 1.94 bits per heavy atom. The van der Waals surface area contributed by atoms with Crippen molar-refractivity contribution in [1.82, 2.24) is 15.2 Å². The summed E-state index contributed by atoms with van der Waals surface area (Å²) in [5.74, 6) is 0. The Morgan fingerprint density at radius 1 is 1.17 bits per heavy atom. The molecule has 90 valence electrons. The van der Waals surface area contributed by atoms with Gasteiger partial charge >= 0.3 is 0 Å². The number of aromatic amines is 1. The van der Waals surface area contributed by atoms with Crippen LogP contribution in [0.5, 0.6) is 0 Å². The van der Waals surface area contributed by atoms with Gasteiger partial charge in [0, 0.05) is 11.9 Å². The summed E-state index contributed by atoms with van der Waals surface area (Å²) in [5, 5.41) is 17.0. The van der Waals surface area contributed by atoms with Crippen molar-refractivity contribution < 1.29 is 5.11 Å². The Hall–Kier alpha value is -2.40. The van der Waals surface area contributed by atoms with E-state index in [1.54, 1.807) is 6.20 Å². The molecule has 0 radical (unpaired) electrons. The zero-order valence-electron chi connectivity index (χ0n) is 9.59. The molecule has 5 nitrogen and oxygen atoms in total. The summed E-state index contributed by atoms with van der Waals surface area (Å²) in [7, 11) is 0. The van der Waals surface area contributed by atoms with Crippen molar-refractivity contribution in [1.29, 1.82) is 0 Å². The molecule has 0 saturated heterocycles. The second-order valence-corrected chi connectivity index (χ2v) is 4.04. The third kappa shape index (κ3) is 1.61. The number of rotatable bonds is 2. The number of nitrogens with two attached hydrogens (primary N) is 1. The van der Waals surface area contributed by atoms with Crippen LogP contribution in [0.3, 0.4) is 0 Å². The lowest BCUT2D eigenvalue weighted by Crippen LogP contribution is -1.88. The summed E-state index contributed by atoms with van der Waals surface area (Å²) >= 11 is 0. The fourth-order valence-electron chi connectivity index (χ4n) is 2.03. The lowest BCUT2D eigenvalue weighted by Gasteiger charge is -2.04. The third-order valence-electron chi connectivity index (χ3n) is 2.91. The lowest BCUT2D eigenvalue weighted by atomic mass is 10.0. The molecule has 0 aliphatic carbocycles. The highest BCUT2D eigenvalue weighted by Crippen LogP contribution is 2.29. The summed E-state index contributed by atoms with van der Waals surface area (Å²) < 4.78 is 0. The van der Waals surface area contributed by atoms with E-state index in [4.69, 9.17) is 5.73 Å². The first-order chi connectivity index (χ1) is 8.79. The topological polar surface area (TPSA) is 87.8 Å². The highest BCUT2D eigenvalue weighted by atomic mass is 16.3. The highest BCUT2D eigenvalue weighted by molar-refractivity contribution is 5.94. The van der Waals surface area contributed by atoms with E-state index >= 15 is 0 Å². The van der Waals surface area contributed by atoms with Gasteiger partial charge in [-0.25, -0.2) is 4.98 Å². The molecule has 4 N–H and O–H groups in total. The van der Waals surface area contributed by atoms with Crippen LogP contribution in [0.2, 0.25) is 0 Å². The maximum Gasteiger partial charge on any atom is 0.181 e. The Labute approximate surface area is 103 Å². The Kier molecular flexibility index (Phi) is 2.46. The zero-order valence-corrected chi connectivity index (χ0v) is 9.59. The second-order valence-electron chi connectivity index (χ2n) is 4.04. The molecule has 0 spiro atoms. The minimum Gasteiger partial charge on any atom is -0.399 e. The van der Waals surface area contributed by atoms with Crippen LogP contribution in [-0.4, -0.2) is 20.3 Å². The van der Waals surface area contributed by atoms with Crippen molar-refractivity contribution in [2.75, 3.05) is 5.73 Å². The average Bonchev–Trinajstić information content (AvgIpc) is 2.82. The van der Waals surface area contributed by atoms with E-state index in [1.165, 1.54) is 0 Å². The first-order valence-corrected chi connectivity index (χ1v) is 5.58. The summed E-state index contributed by atoms with van der Waals surface area (Å²) in [6.45, 7) is -0.0931. The predicted molar refractivity (Wildman–Crippen MR) is 69.7 cm³/mol. The number of benzene rings is 1. The Balaban J connectivity index is 2.28. The van der Waals surface area contributed by atoms with Gasteiger partial charge in [-0.15, -0.1) is 0 Å². The van der Waals surface area contributed by atoms with Crippen molar-refractivity contribution >= 4 is 16.7 Å². The molecule has 1 aromatic carbocycles. The van der Waals surface area contributed by atoms with Gasteiger partial charge in [-0.3, -0.25) is 5.10 Å². The van der Waals surface area contributed by atoms with Crippen LogP contribution in [-0.2, 0) is 6.61 Å². The number of hydrogen-bond acceptors (Lipinski definition) is 4. The number of nitrogens with zero attached hydrogens (tertiary/aromatic N) is 2. The molecular weight excluding hydrogens is 228 g/mol. The number of H-pyrrole nitrogens is 1. The number of aromatic nitrogens is 3.